The second kappa shape index (κ2) is 10.3. The molecule has 1 amide bonds. The van der Waals surface area contributed by atoms with Crippen molar-refractivity contribution in [3.8, 4) is 0 Å². The molecular formula is C18H26N6O3. The minimum absolute atomic E-state index is 0.118. The molecule has 1 heterocycles. The van der Waals surface area contributed by atoms with Crippen molar-refractivity contribution in [3.63, 3.8) is 0 Å². The molecule has 9 heteroatoms. The zero-order valence-corrected chi connectivity index (χ0v) is 15.9. The van der Waals surface area contributed by atoms with Gasteiger partial charge in [-0.1, -0.05) is 0 Å². The number of nitrogen functional groups attached to an aromatic ring is 1. The number of nitrogens with two attached hydrogens (primary N) is 1. The van der Waals surface area contributed by atoms with Gasteiger partial charge in [-0.3, -0.25) is 4.79 Å². The van der Waals surface area contributed by atoms with Crippen molar-refractivity contribution in [2.45, 2.75) is 6.92 Å². The average molecular weight is 374 g/mol. The van der Waals surface area contributed by atoms with E-state index in [4.69, 9.17) is 15.2 Å². The summed E-state index contributed by atoms with van der Waals surface area (Å²) < 4.78 is 10.3. The number of aromatic nitrogens is 2. The van der Waals surface area contributed by atoms with E-state index in [1.165, 1.54) is 13.3 Å². The van der Waals surface area contributed by atoms with Crippen LogP contribution in [0.4, 0.5) is 28.7 Å². The summed E-state index contributed by atoms with van der Waals surface area (Å²) in [6.45, 7) is 3.81. The molecule has 0 spiro atoms. The van der Waals surface area contributed by atoms with Crippen LogP contribution in [0.2, 0.25) is 0 Å². The highest BCUT2D eigenvalue weighted by molar-refractivity contribution is 5.89. The van der Waals surface area contributed by atoms with Crippen LogP contribution in [0.5, 0.6) is 0 Å². The fraction of sp³-hybridized carbons (Fsp3) is 0.389. The summed E-state index contributed by atoms with van der Waals surface area (Å²) in [5.74, 6) is 1.01. The Kier molecular flexibility index (Phi) is 7.78. The molecule has 1 aromatic heterocycles. The summed E-state index contributed by atoms with van der Waals surface area (Å²) in [4.78, 5) is 21.7. The minimum atomic E-state index is -0.118. The zero-order valence-electron chi connectivity index (χ0n) is 15.9. The van der Waals surface area contributed by atoms with Gasteiger partial charge in [-0.2, -0.15) is 0 Å². The van der Waals surface area contributed by atoms with E-state index in [0.717, 1.165) is 11.4 Å². The fourth-order valence-corrected chi connectivity index (χ4v) is 2.44. The van der Waals surface area contributed by atoms with Gasteiger partial charge >= 0.3 is 0 Å². The van der Waals surface area contributed by atoms with Crippen LogP contribution in [-0.4, -0.2) is 56.4 Å². The minimum Gasteiger partial charge on any atom is -0.393 e. The van der Waals surface area contributed by atoms with Crippen LogP contribution >= 0.6 is 0 Å². The Morgan fingerprint density at radius 2 is 1.67 bits per heavy atom. The van der Waals surface area contributed by atoms with Crippen molar-refractivity contribution in [1.82, 2.24) is 9.97 Å². The summed E-state index contributed by atoms with van der Waals surface area (Å²) in [5.41, 5.74) is 8.25. The van der Waals surface area contributed by atoms with Gasteiger partial charge in [0.1, 0.15) is 12.0 Å². The van der Waals surface area contributed by atoms with E-state index in [1.54, 1.807) is 26.4 Å². The Morgan fingerprint density at radius 3 is 2.22 bits per heavy atom. The predicted octanol–water partition coefficient (Wildman–Crippen LogP) is 1.86. The lowest BCUT2D eigenvalue weighted by molar-refractivity contribution is -0.114. The van der Waals surface area contributed by atoms with Crippen molar-refractivity contribution in [2.75, 3.05) is 61.8 Å². The molecule has 0 atom stereocenters. The highest BCUT2D eigenvalue weighted by Crippen LogP contribution is 2.28. The molecule has 0 aliphatic rings. The number of methoxy groups -OCH3 is 2. The van der Waals surface area contributed by atoms with E-state index in [2.05, 4.69) is 20.6 Å². The molecule has 9 nitrogen and oxygen atoms in total. The molecule has 0 unspecified atom stereocenters. The first-order valence-corrected chi connectivity index (χ1v) is 8.53. The van der Waals surface area contributed by atoms with Crippen molar-refractivity contribution >= 4 is 34.6 Å². The van der Waals surface area contributed by atoms with Gasteiger partial charge < -0.3 is 30.7 Å². The Balaban J connectivity index is 2.17. The number of carbonyl (C=O) groups is 1. The number of ether oxygens (including phenoxy) is 2. The first kappa shape index (κ1) is 20.4. The van der Waals surface area contributed by atoms with E-state index < -0.39 is 0 Å². The van der Waals surface area contributed by atoms with Gasteiger partial charge in [-0.15, -0.1) is 0 Å². The van der Waals surface area contributed by atoms with Crippen molar-refractivity contribution in [2.24, 2.45) is 0 Å². The van der Waals surface area contributed by atoms with Crippen molar-refractivity contribution < 1.29 is 14.3 Å². The number of anilines is 5. The second-order valence-electron chi connectivity index (χ2n) is 5.82. The highest BCUT2D eigenvalue weighted by atomic mass is 16.5. The topological polar surface area (TPSA) is 115 Å². The van der Waals surface area contributed by atoms with Crippen LogP contribution in [0.25, 0.3) is 0 Å². The molecule has 2 rings (SSSR count). The Bertz CT molecular complexity index is 730. The standard InChI is InChI=1S/C18H26N6O3/c1-13(25)22-14-4-6-15(7-5-14)23-17-16(19)18(21-12-20-17)24(8-10-26-2)9-11-27-3/h4-7,12H,8-11,19H2,1-3H3,(H,22,25)(H,20,21,23). The van der Waals surface area contributed by atoms with Crippen molar-refractivity contribution in [3.05, 3.63) is 30.6 Å². The number of hydrogen-bond donors (Lipinski definition) is 3. The van der Waals surface area contributed by atoms with Gasteiger partial charge in [0.05, 0.1) is 13.2 Å². The second-order valence-corrected chi connectivity index (χ2v) is 5.82. The molecule has 0 fully saturated rings. The summed E-state index contributed by atoms with van der Waals surface area (Å²) in [7, 11) is 3.30. The quantitative estimate of drug-likeness (QED) is 0.577. The van der Waals surface area contributed by atoms with Gasteiger partial charge in [0.15, 0.2) is 11.6 Å². The molecule has 0 radical (unpaired) electrons. The Hall–Kier alpha value is -2.91. The smallest absolute Gasteiger partial charge is 0.221 e. The summed E-state index contributed by atoms with van der Waals surface area (Å²) in [6, 6.07) is 7.26. The number of nitrogens with one attached hydrogen (secondary N) is 2. The van der Waals surface area contributed by atoms with Gasteiger partial charge in [0, 0.05) is 45.6 Å². The lowest BCUT2D eigenvalue weighted by Crippen LogP contribution is -2.32. The highest BCUT2D eigenvalue weighted by Gasteiger charge is 2.15. The third-order valence-corrected chi connectivity index (χ3v) is 3.76. The van der Waals surface area contributed by atoms with E-state index in [0.29, 0.717) is 43.6 Å². The van der Waals surface area contributed by atoms with E-state index in [9.17, 15) is 4.79 Å². The molecular weight excluding hydrogens is 348 g/mol. The van der Waals surface area contributed by atoms with E-state index in [1.807, 2.05) is 17.0 Å². The molecule has 1 aromatic carbocycles. The van der Waals surface area contributed by atoms with Crippen molar-refractivity contribution in [1.29, 1.82) is 0 Å². The molecule has 4 N–H and O–H groups in total. The van der Waals surface area contributed by atoms with Gasteiger partial charge in [-0.25, -0.2) is 9.97 Å². The molecule has 0 aliphatic heterocycles. The molecule has 146 valence electrons. The Labute approximate surface area is 158 Å². The largest absolute Gasteiger partial charge is 0.393 e. The number of amides is 1. The Morgan fingerprint density at radius 1 is 1.07 bits per heavy atom. The summed E-state index contributed by atoms with van der Waals surface area (Å²) in [5, 5.41) is 5.91. The number of nitrogens with zero attached hydrogens (tertiary/aromatic N) is 3. The first-order chi connectivity index (χ1) is 13.0. The predicted molar refractivity (Wildman–Crippen MR) is 106 cm³/mol. The van der Waals surface area contributed by atoms with Crippen LogP contribution < -0.4 is 21.3 Å². The summed E-state index contributed by atoms with van der Waals surface area (Å²) >= 11 is 0. The van der Waals surface area contributed by atoms with Crippen LogP contribution in [0.1, 0.15) is 6.92 Å². The van der Waals surface area contributed by atoms with E-state index >= 15 is 0 Å². The maximum absolute atomic E-state index is 11.1. The third-order valence-electron chi connectivity index (χ3n) is 3.76. The first-order valence-electron chi connectivity index (χ1n) is 8.53. The van der Waals surface area contributed by atoms with Crippen LogP contribution in [-0.2, 0) is 14.3 Å². The SMILES string of the molecule is COCCN(CCOC)c1ncnc(Nc2ccc(NC(C)=O)cc2)c1N. The van der Waals surface area contributed by atoms with Gasteiger partial charge in [0.2, 0.25) is 5.91 Å². The third kappa shape index (κ3) is 6.08. The van der Waals surface area contributed by atoms with Crippen LogP contribution in [0.3, 0.4) is 0 Å². The lowest BCUT2D eigenvalue weighted by atomic mass is 10.2. The fourth-order valence-electron chi connectivity index (χ4n) is 2.44. The average Bonchev–Trinajstić information content (AvgIpc) is 2.65. The lowest BCUT2D eigenvalue weighted by Gasteiger charge is -2.25. The van der Waals surface area contributed by atoms with Crippen LogP contribution in [0, 0.1) is 0 Å². The molecule has 2 aromatic rings. The zero-order chi connectivity index (χ0) is 19.6. The molecule has 27 heavy (non-hydrogen) atoms. The van der Waals surface area contributed by atoms with E-state index in [-0.39, 0.29) is 5.91 Å². The number of rotatable bonds is 10. The molecule has 0 saturated heterocycles. The molecule has 0 aliphatic carbocycles. The maximum atomic E-state index is 11.1. The normalized spacial score (nSPS) is 10.5. The number of benzene rings is 1. The molecule has 0 bridgehead atoms. The van der Waals surface area contributed by atoms with Gasteiger partial charge in [-0.05, 0) is 24.3 Å². The maximum Gasteiger partial charge on any atom is 0.221 e. The summed E-state index contributed by atoms with van der Waals surface area (Å²) in [6.07, 6.45) is 1.46. The monoisotopic (exact) mass is 374 g/mol. The number of carbonyl (C=O) groups excluding carboxylic acids is 1. The van der Waals surface area contributed by atoms with Crippen LogP contribution in [0.15, 0.2) is 30.6 Å². The number of hydrogen-bond acceptors (Lipinski definition) is 8. The molecule has 0 saturated carbocycles. The van der Waals surface area contributed by atoms with Gasteiger partial charge in [0.25, 0.3) is 0 Å².